The van der Waals surface area contributed by atoms with Gasteiger partial charge in [0.15, 0.2) is 0 Å². The van der Waals surface area contributed by atoms with Crippen LogP contribution >= 0.6 is 0 Å². The predicted molar refractivity (Wildman–Crippen MR) is 88.7 cm³/mol. The van der Waals surface area contributed by atoms with Crippen LogP contribution in [0.1, 0.15) is 31.9 Å². The molecule has 1 aliphatic carbocycles. The molecule has 1 aromatic rings. The minimum absolute atomic E-state index is 0.00889. The van der Waals surface area contributed by atoms with Crippen molar-refractivity contribution in [1.29, 1.82) is 0 Å². The van der Waals surface area contributed by atoms with E-state index in [0.717, 1.165) is 24.4 Å². The quantitative estimate of drug-likeness (QED) is 0.910. The molecule has 120 valence electrons. The van der Waals surface area contributed by atoms with Crippen LogP contribution in [-0.4, -0.2) is 29.6 Å². The largest absolute Gasteiger partial charge is 0.493 e. The molecule has 0 bridgehead atoms. The summed E-state index contributed by atoms with van der Waals surface area (Å²) in [5.74, 6) is 1.20. The molecule has 0 aromatic heterocycles. The van der Waals surface area contributed by atoms with Crippen LogP contribution < -0.4 is 5.32 Å². The number of hydrogen-bond acceptors (Lipinski definition) is 2. The Kier molecular flexibility index (Phi) is 3.40. The maximum absolute atomic E-state index is 12.8. The van der Waals surface area contributed by atoms with Crippen molar-refractivity contribution in [3.8, 4) is 0 Å². The van der Waals surface area contributed by atoms with Crippen molar-refractivity contribution in [1.82, 2.24) is 10.2 Å². The van der Waals surface area contributed by atoms with E-state index in [1.54, 1.807) is 0 Å². The van der Waals surface area contributed by atoms with Gasteiger partial charge in [-0.2, -0.15) is 0 Å². The molecule has 0 saturated carbocycles. The lowest BCUT2D eigenvalue weighted by Gasteiger charge is -2.48. The van der Waals surface area contributed by atoms with Crippen molar-refractivity contribution in [3.05, 3.63) is 59.4 Å². The van der Waals surface area contributed by atoms with Crippen LogP contribution in [0.4, 0.5) is 4.79 Å². The van der Waals surface area contributed by atoms with Gasteiger partial charge in [0, 0.05) is 18.4 Å². The Morgan fingerprint density at radius 2 is 2.04 bits per heavy atom. The van der Waals surface area contributed by atoms with Gasteiger partial charge in [0.1, 0.15) is 5.76 Å². The number of carbonyl (C=O) groups excluding carboxylic acids is 1. The van der Waals surface area contributed by atoms with Crippen molar-refractivity contribution in [2.24, 2.45) is 5.92 Å². The fraction of sp³-hybridized carbons (Fsp3) is 0.421. The summed E-state index contributed by atoms with van der Waals surface area (Å²) >= 11 is 0. The lowest BCUT2D eigenvalue weighted by molar-refractivity contribution is 0.106. The number of ether oxygens (including phenoxy) is 1. The topological polar surface area (TPSA) is 41.6 Å². The molecule has 3 aliphatic rings. The van der Waals surface area contributed by atoms with E-state index in [2.05, 4.69) is 43.4 Å². The molecule has 4 heteroatoms. The van der Waals surface area contributed by atoms with Crippen LogP contribution in [0.15, 0.2) is 53.8 Å². The first-order valence-corrected chi connectivity index (χ1v) is 8.34. The lowest BCUT2D eigenvalue weighted by atomic mass is 9.77. The molecule has 4 nitrogen and oxygen atoms in total. The molecule has 0 spiro atoms. The third-order valence-electron chi connectivity index (χ3n) is 5.05. The number of nitrogens with zero attached hydrogens (tertiary/aromatic N) is 1. The number of nitrogens with one attached hydrogen (secondary N) is 1. The minimum Gasteiger partial charge on any atom is -0.493 e. The van der Waals surface area contributed by atoms with Crippen molar-refractivity contribution in [2.45, 2.75) is 38.4 Å². The van der Waals surface area contributed by atoms with Gasteiger partial charge in [-0.25, -0.2) is 4.79 Å². The van der Waals surface area contributed by atoms with Gasteiger partial charge >= 0.3 is 6.03 Å². The van der Waals surface area contributed by atoms with Gasteiger partial charge in [-0.15, -0.1) is 0 Å². The lowest BCUT2D eigenvalue weighted by Crippen LogP contribution is -2.61. The summed E-state index contributed by atoms with van der Waals surface area (Å²) in [5, 5.41) is 3.22. The maximum Gasteiger partial charge on any atom is 0.318 e. The van der Waals surface area contributed by atoms with Crippen molar-refractivity contribution < 1.29 is 9.53 Å². The fourth-order valence-corrected chi connectivity index (χ4v) is 4.07. The van der Waals surface area contributed by atoms with E-state index in [0.29, 0.717) is 0 Å². The number of carbonyl (C=O) groups is 1. The smallest absolute Gasteiger partial charge is 0.318 e. The van der Waals surface area contributed by atoms with Crippen LogP contribution in [0.5, 0.6) is 0 Å². The SMILES string of the molecule is CC(C)N1C(=O)NC(c2ccccc2)C2C=CC3=C(CCO3)C21. The van der Waals surface area contributed by atoms with Gasteiger partial charge in [0.25, 0.3) is 0 Å². The van der Waals surface area contributed by atoms with Gasteiger partial charge in [-0.1, -0.05) is 36.4 Å². The zero-order valence-corrected chi connectivity index (χ0v) is 13.5. The fourth-order valence-electron chi connectivity index (χ4n) is 4.07. The van der Waals surface area contributed by atoms with E-state index in [4.69, 9.17) is 4.74 Å². The Hall–Kier alpha value is -2.23. The summed E-state index contributed by atoms with van der Waals surface area (Å²) < 4.78 is 5.74. The molecule has 4 rings (SSSR count). The van der Waals surface area contributed by atoms with Gasteiger partial charge in [0.05, 0.1) is 18.7 Å². The molecule has 1 fully saturated rings. The second kappa shape index (κ2) is 5.44. The summed E-state index contributed by atoms with van der Waals surface area (Å²) in [6, 6.07) is 10.5. The molecule has 3 atom stereocenters. The molecule has 3 unspecified atom stereocenters. The van der Waals surface area contributed by atoms with Crippen LogP contribution in [0.3, 0.4) is 0 Å². The number of rotatable bonds is 2. The van der Waals surface area contributed by atoms with Gasteiger partial charge in [-0.05, 0) is 31.1 Å². The highest BCUT2D eigenvalue weighted by Crippen LogP contribution is 2.43. The molecule has 2 heterocycles. The first kappa shape index (κ1) is 14.4. The Balaban J connectivity index is 1.78. The third kappa shape index (κ3) is 2.24. The monoisotopic (exact) mass is 310 g/mol. The number of allylic oxidation sites excluding steroid dienone is 1. The molecule has 1 saturated heterocycles. The van der Waals surface area contributed by atoms with E-state index in [1.807, 2.05) is 23.1 Å². The molecule has 1 N–H and O–H groups in total. The van der Waals surface area contributed by atoms with E-state index < -0.39 is 0 Å². The molecule has 23 heavy (non-hydrogen) atoms. The summed E-state index contributed by atoms with van der Waals surface area (Å²) in [6.07, 6.45) is 5.22. The van der Waals surface area contributed by atoms with Crippen LogP contribution in [0, 0.1) is 5.92 Å². The number of benzene rings is 1. The van der Waals surface area contributed by atoms with Crippen molar-refractivity contribution >= 4 is 6.03 Å². The highest BCUT2D eigenvalue weighted by molar-refractivity contribution is 5.78. The highest BCUT2D eigenvalue weighted by Gasteiger charge is 2.47. The third-order valence-corrected chi connectivity index (χ3v) is 5.05. The van der Waals surface area contributed by atoms with E-state index in [9.17, 15) is 4.79 Å². The van der Waals surface area contributed by atoms with Gasteiger partial charge in [0.2, 0.25) is 0 Å². The molecule has 2 aliphatic heterocycles. The molecule has 2 amide bonds. The van der Waals surface area contributed by atoms with E-state index in [-0.39, 0.29) is 30.1 Å². The normalized spacial score (nSPS) is 29.3. The number of urea groups is 1. The van der Waals surface area contributed by atoms with Crippen molar-refractivity contribution in [2.75, 3.05) is 6.61 Å². The molecular weight excluding hydrogens is 288 g/mol. The second-order valence-electron chi connectivity index (χ2n) is 6.71. The first-order chi connectivity index (χ1) is 11.2. The molecule has 0 radical (unpaired) electrons. The Morgan fingerprint density at radius 3 is 2.78 bits per heavy atom. The Bertz CT molecular complexity index is 678. The van der Waals surface area contributed by atoms with E-state index in [1.165, 1.54) is 5.57 Å². The van der Waals surface area contributed by atoms with Crippen LogP contribution in [-0.2, 0) is 4.74 Å². The van der Waals surface area contributed by atoms with E-state index >= 15 is 0 Å². The summed E-state index contributed by atoms with van der Waals surface area (Å²) in [4.78, 5) is 14.8. The molecular formula is C19H22N2O2. The summed E-state index contributed by atoms with van der Waals surface area (Å²) in [6.45, 7) is 4.88. The zero-order valence-electron chi connectivity index (χ0n) is 13.5. The first-order valence-electron chi connectivity index (χ1n) is 8.34. The van der Waals surface area contributed by atoms with Crippen molar-refractivity contribution in [3.63, 3.8) is 0 Å². The molecule has 1 aromatic carbocycles. The number of hydrogen-bond donors (Lipinski definition) is 1. The Labute approximate surface area is 136 Å². The zero-order chi connectivity index (χ0) is 16.0. The van der Waals surface area contributed by atoms with Gasteiger partial charge in [-0.3, -0.25) is 0 Å². The second-order valence-corrected chi connectivity index (χ2v) is 6.71. The summed E-state index contributed by atoms with van der Waals surface area (Å²) in [5.41, 5.74) is 2.44. The summed E-state index contributed by atoms with van der Waals surface area (Å²) in [7, 11) is 0. The standard InChI is InChI=1S/C19H22N2O2/c1-12(2)21-18-14-10-11-23-16(14)9-8-15(18)17(20-19(21)22)13-6-4-3-5-7-13/h3-9,12,15,17-18H,10-11H2,1-2H3,(H,20,22). The average Bonchev–Trinajstić information content (AvgIpc) is 3.03. The van der Waals surface area contributed by atoms with Gasteiger partial charge < -0.3 is 15.0 Å². The van der Waals surface area contributed by atoms with Crippen LogP contribution in [0.2, 0.25) is 0 Å². The highest BCUT2D eigenvalue weighted by atomic mass is 16.5. The number of fused-ring (bicyclic) bond motifs is 2. The van der Waals surface area contributed by atoms with Crippen LogP contribution in [0.25, 0.3) is 0 Å². The number of amides is 2. The predicted octanol–water partition coefficient (Wildman–Crippen LogP) is 3.39. The average molecular weight is 310 g/mol. The Morgan fingerprint density at radius 1 is 1.26 bits per heavy atom. The minimum atomic E-state index is 0.00889. The maximum atomic E-state index is 12.8.